The third kappa shape index (κ3) is 5.00. The van der Waals surface area contributed by atoms with Gasteiger partial charge in [-0.25, -0.2) is 9.97 Å². The van der Waals surface area contributed by atoms with Gasteiger partial charge in [0.05, 0.1) is 34.1 Å². The van der Waals surface area contributed by atoms with Crippen molar-refractivity contribution in [3.05, 3.63) is 33.4 Å². The van der Waals surface area contributed by atoms with E-state index in [0.29, 0.717) is 56.7 Å². The fourth-order valence-electron chi connectivity index (χ4n) is 5.06. The van der Waals surface area contributed by atoms with E-state index in [1.807, 2.05) is 4.57 Å². The molecular formula is C23H26Cl3N7O2. The largest absolute Gasteiger partial charge is 0.391 e. The van der Waals surface area contributed by atoms with Gasteiger partial charge in [-0.3, -0.25) is 9.36 Å². The van der Waals surface area contributed by atoms with E-state index in [1.165, 1.54) is 0 Å². The number of carbonyl (C=O) groups is 1. The van der Waals surface area contributed by atoms with E-state index in [0.717, 1.165) is 32.1 Å². The second-order valence-corrected chi connectivity index (χ2v) is 10.5. The van der Waals surface area contributed by atoms with Crippen molar-refractivity contribution in [2.75, 3.05) is 10.6 Å². The molecule has 5 rings (SSSR count). The standard InChI is InChI=1S/C23H26Cl3N7O2/c24-12-8-14(25)19(15(26)9-12)31-23-30-17-10-28-22(29-16-2-1-3-18(16)34)32-21(17)33(23)13-6-4-11(5-7-13)20(27)35/h8-11,13,16,18,34H,1-7H2,(H2,27,35)(H,30,31)(H,28,29,32)/t11-,13+,16?,18-/m1/s1. The van der Waals surface area contributed by atoms with Crippen LogP contribution in [0.3, 0.4) is 0 Å². The molecule has 0 bridgehead atoms. The summed E-state index contributed by atoms with van der Waals surface area (Å²) in [7, 11) is 0. The van der Waals surface area contributed by atoms with Crippen LogP contribution in [-0.2, 0) is 4.79 Å². The molecule has 2 fully saturated rings. The summed E-state index contributed by atoms with van der Waals surface area (Å²) < 4.78 is 2.02. The number of benzene rings is 1. The fourth-order valence-corrected chi connectivity index (χ4v) is 5.97. The van der Waals surface area contributed by atoms with Crippen molar-refractivity contribution < 1.29 is 9.90 Å². The van der Waals surface area contributed by atoms with E-state index in [-0.39, 0.29) is 23.9 Å². The summed E-state index contributed by atoms with van der Waals surface area (Å²) in [4.78, 5) is 25.6. The average molecular weight is 539 g/mol. The average Bonchev–Trinajstić information content (AvgIpc) is 3.38. The highest BCUT2D eigenvalue weighted by molar-refractivity contribution is 6.41. The van der Waals surface area contributed by atoms with Gasteiger partial charge < -0.3 is 21.5 Å². The lowest BCUT2D eigenvalue weighted by atomic mass is 9.85. The first kappa shape index (κ1) is 24.4. The number of nitrogens with two attached hydrogens (primary N) is 1. The second-order valence-electron chi connectivity index (χ2n) is 9.23. The molecule has 0 radical (unpaired) electrons. The smallest absolute Gasteiger partial charge is 0.225 e. The number of carbonyl (C=O) groups excluding carboxylic acids is 1. The van der Waals surface area contributed by atoms with Crippen molar-refractivity contribution in [3.8, 4) is 0 Å². The molecule has 0 saturated heterocycles. The van der Waals surface area contributed by atoms with Crippen LogP contribution in [0.4, 0.5) is 17.6 Å². The molecule has 2 aromatic heterocycles. The van der Waals surface area contributed by atoms with Crippen LogP contribution in [0.5, 0.6) is 0 Å². The summed E-state index contributed by atoms with van der Waals surface area (Å²) in [6.07, 6.45) is 6.67. The van der Waals surface area contributed by atoms with Gasteiger partial charge in [0.1, 0.15) is 5.52 Å². The first-order valence-electron chi connectivity index (χ1n) is 11.7. The van der Waals surface area contributed by atoms with Crippen molar-refractivity contribution in [2.24, 2.45) is 11.7 Å². The van der Waals surface area contributed by atoms with Gasteiger partial charge in [0.25, 0.3) is 0 Å². The normalized spacial score (nSPS) is 24.6. The summed E-state index contributed by atoms with van der Waals surface area (Å²) in [6.45, 7) is 0. The highest BCUT2D eigenvalue weighted by Gasteiger charge is 2.30. The van der Waals surface area contributed by atoms with Crippen LogP contribution in [-0.4, -0.2) is 42.7 Å². The van der Waals surface area contributed by atoms with Gasteiger partial charge in [0.2, 0.25) is 17.8 Å². The number of anilines is 3. The van der Waals surface area contributed by atoms with Gasteiger partial charge >= 0.3 is 0 Å². The van der Waals surface area contributed by atoms with E-state index in [1.54, 1.807) is 18.3 Å². The van der Waals surface area contributed by atoms with Gasteiger partial charge in [0, 0.05) is 17.0 Å². The number of amides is 1. The number of halogens is 3. The molecule has 0 aliphatic heterocycles. The molecule has 2 aliphatic carbocycles. The summed E-state index contributed by atoms with van der Waals surface area (Å²) >= 11 is 18.9. The molecule has 3 aromatic rings. The number of hydrogen-bond donors (Lipinski definition) is 4. The zero-order valence-electron chi connectivity index (χ0n) is 18.8. The number of primary amides is 1. The Bertz CT molecular complexity index is 1240. The van der Waals surface area contributed by atoms with Crippen molar-refractivity contribution in [3.63, 3.8) is 0 Å². The van der Waals surface area contributed by atoms with Gasteiger partial charge in [-0.2, -0.15) is 4.98 Å². The Labute approximate surface area is 217 Å². The van der Waals surface area contributed by atoms with E-state index >= 15 is 0 Å². The maximum atomic E-state index is 11.7. The molecule has 2 aliphatic rings. The Hall–Kier alpha value is -2.33. The minimum absolute atomic E-state index is 0.0303. The zero-order valence-corrected chi connectivity index (χ0v) is 21.1. The van der Waals surface area contributed by atoms with Crippen molar-refractivity contribution in [1.82, 2.24) is 19.5 Å². The Morgan fingerprint density at radius 2 is 1.77 bits per heavy atom. The predicted octanol–water partition coefficient (Wildman–Crippen LogP) is 5.07. The van der Waals surface area contributed by atoms with E-state index in [4.69, 9.17) is 50.5 Å². The molecule has 2 heterocycles. The van der Waals surface area contributed by atoms with Crippen LogP contribution in [0.1, 0.15) is 51.0 Å². The Morgan fingerprint density at radius 1 is 1.06 bits per heavy atom. The molecule has 12 heteroatoms. The summed E-state index contributed by atoms with van der Waals surface area (Å²) in [5, 5.41) is 17.9. The molecule has 1 unspecified atom stereocenters. The molecule has 2 atom stereocenters. The number of aliphatic hydroxyl groups excluding tert-OH is 1. The van der Waals surface area contributed by atoms with Crippen LogP contribution in [0, 0.1) is 5.92 Å². The lowest BCUT2D eigenvalue weighted by molar-refractivity contribution is -0.122. The monoisotopic (exact) mass is 537 g/mol. The number of rotatable bonds is 6. The molecule has 0 spiro atoms. The maximum Gasteiger partial charge on any atom is 0.225 e. The third-order valence-corrected chi connectivity index (χ3v) is 7.75. The number of hydrogen-bond acceptors (Lipinski definition) is 7. The molecule has 5 N–H and O–H groups in total. The Balaban J connectivity index is 1.54. The number of imidazole rings is 1. The topological polar surface area (TPSA) is 131 Å². The minimum atomic E-state index is -0.422. The number of nitrogens with one attached hydrogen (secondary N) is 2. The van der Waals surface area contributed by atoms with Crippen molar-refractivity contribution in [1.29, 1.82) is 0 Å². The SMILES string of the molecule is NC(=O)[C@H]1CC[C@@H](n2c(Nc3c(Cl)cc(Cl)cc3Cl)nc3cnc(NC4CCC[C@H]4O)nc32)CC1. The molecule has 9 nitrogen and oxygen atoms in total. The Kier molecular flexibility index (Phi) is 6.94. The van der Waals surface area contributed by atoms with Crippen molar-refractivity contribution in [2.45, 2.75) is 63.1 Å². The van der Waals surface area contributed by atoms with Gasteiger partial charge in [0.15, 0.2) is 5.65 Å². The first-order valence-corrected chi connectivity index (χ1v) is 12.8. The Morgan fingerprint density at radius 3 is 2.40 bits per heavy atom. The summed E-state index contributed by atoms with van der Waals surface area (Å²) in [6, 6.07) is 3.16. The third-order valence-electron chi connectivity index (χ3n) is 6.93. The van der Waals surface area contributed by atoms with E-state index in [2.05, 4.69) is 15.6 Å². The lowest BCUT2D eigenvalue weighted by Crippen LogP contribution is -2.29. The highest BCUT2D eigenvalue weighted by atomic mass is 35.5. The van der Waals surface area contributed by atoms with Gasteiger partial charge in [-0.1, -0.05) is 34.8 Å². The second kappa shape index (κ2) is 9.97. The first-order chi connectivity index (χ1) is 16.8. The van der Waals surface area contributed by atoms with Gasteiger partial charge in [-0.05, 0) is 57.1 Å². The molecular weight excluding hydrogens is 513 g/mol. The number of nitrogens with zero attached hydrogens (tertiary/aromatic N) is 4. The number of fused-ring (bicyclic) bond motifs is 1. The van der Waals surface area contributed by atoms with Crippen LogP contribution < -0.4 is 16.4 Å². The fraction of sp³-hybridized carbons (Fsp3) is 0.478. The lowest BCUT2D eigenvalue weighted by Gasteiger charge is -2.29. The summed E-state index contributed by atoms with van der Waals surface area (Å²) in [5.41, 5.74) is 7.28. The van der Waals surface area contributed by atoms with Crippen LogP contribution in [0.2, 0.25) is 15.1 Å². The van der Waals surface area contributed by atoms with Crippen molar-refractivity contribution >= 4 is 69.5 Å². The predicted molar refractivity (Wildman–Crippen MR) is 138 cm³/mol. The molecule has 186 valence electrons. The van der Waals surface area contributed by atoms with E-state index < -0.39 is 6.10 Å². The maximum absolute atomic E-state index is 11.7. The quantitative estimate of drug-likeness (QED) is 0.344. The van der Waals surface area contributed by atoms with Gasteiger partial charge in [-0.15, -0.1) is 0 Å². The molecule has 2 saturated carbocycles. The molecule has 1 amide bonds. The van der Waals surface area contributed by atoms with E-state index in [9.17, 15) is 9.90 Å². The van der Waals surface area contributed by atoms with Crippen LogP contribution >= 0.6 is 34.8 Å². The summed E-state index contributed by atoms with van der Waals surface area (Å²) in [5.74, 6) is 0.555. The minimum Gasteiger partial charge on any atom is -0.391 e. The van der Waals surface area contributed by atoms with Crippen LogP contribution in [0.25, 0.3) is 11.2 Å². The number of aliphatic hydroxyl groups is 1. The highest BCUT2D eigenvalue weighted by Crippen LogP contribution is 2.40. The number of aromatic nitrogens is 4. The zero-order chi connectivity index (χ0) is 24.7. The van der Waals surface area contributed by atoms with Crippen LogP contribution in [0.15, 0.2) is 18.3 Å². The molecule has 1 aromatic carbocycles. The molecule has 35 heavy (non-hydrogen) atoms.